The van der Waals surface area contributed by atoms with Gasteiger partial charge in [-0.2, -0.15) is 0 Å². The van der Waals surface area contributed by atoms with Gasteiger partial charge in [0.1, 0.15) is 11.2 Å². The first-order valence-corrected chi connectivity index (χ1v) is 17.7. The predicted octanol–water partition coefficient (Wildman–Crippen LogP) is 12.7. The van der Waals surface area contributed by atoms with Crippen molar-refractivity contribution in [1.29, 1.82) is 0 Å². The molecule has 0 unspecified atom stereocenters. The molecule has 0 spiro atoms. The maximum absolute atomic E-state index is 6.09. The molecule has 5 aromatic carbocycles. The van der Waals surface area contributed by atoms with Crippen LogP contribution in [0.3, 0.4) is 0 Å². The van der Waals surface area contributed by atoms with Gasteiger partial charge in [-0.25, -0.2) is 0 Å². The second kappa shape index (κ2) is 14.4. The molecule has 0 radical (unpaired) electrons. The van der Waals surface area contributed by atoms with E-state index in [0.717, 1.165) is 43.7 Å². The Morgan fingerprint density at radius 3 is 1.50 bits per heavy atom. The monoisotopic (exact) mass is 841 g/mol. The van der Waals surface area contributed by atoms with Gasteiger partial charge in [0, 0.05) is 38.4 Å². The molecular weight excluding hydrogens is 795 g/mol. The Labute approximate surface area is 311 Å². The number of rotatable bonds is 6. The van der Waals surface area contributed by atoms with Gasteiger partial charge in [-0.1, -0.05) is 156 Å². The normalized spacial score (nSPS) is 12.8. The Balaban J connectivity index is 0.000000179. The van der Waals surface area contributed by atoms with Gasteiger partial charge < -0.3 is 9.40 Å². The summed E-state index contributed by atoms with van der Waals surface area (Å²) >= 11 is 0. The van der Waals surface area contributed by atoms with Gasteiger partial charge >= 0.3 is 28.4 Å². The van der Waals surface area contributed by atoms with Gasteiger partial charge in [0.15, 0.2) is 0 Å². The minimum atomic E-state index is 0. The number of hydrogen-bond acceptors (Lipinski definition) is 1. The quantitative estimate of drug-likeness (QED) is 0.123. The van der Waals surface area contributed by atoms with Crippen molar-refractivity contribution in [1.82, 2.24) is 4.98 Å². The van der Waals surface area contributed by atoms with E-state index in [1.54, 1.807) is 0 Å². The maximum Gasteiger partial charge on any atom is 1.00 e. The molecule has 8 rings (SSSR count). The first-order valence-electron chi connectivity index (χ1n) is 17.7. The van der Waals surface area contributed by atoms with E-state index in [-0.39, 0.29) is 22.4 Å². The number of nitrogens with zero attached hydrogens (tertiary/aromatic N) is 3. The van der Waals surface area contributed by atoms with Crippen LogP contribution in [0.4, 0.5) is 11.4 Å². The van der Waals surface area contributed by atoms with E-state index in [2.05, 4.69) is 149 Å². The van der Waals surface area contributed by atoms with E-state index >= 15 is 0 Å². The number of fused-ring (bicyclic) bond motifs is 7. The molecule has 0 saturated carbocycles. The molecule has 5 heteroatoms. The van der Waals surface area contributed by atoms with Gasteiger partial charge in [0.25, 0.3) is 12.4 Å². The zero-order valence-electron chi connectivity index (χ0n) is 30.3. The number of benzene rings is 5. The molecule has 0 aliphatic carbocycles. The summed E-state index contributed by atoms with van der Waals surface area (Å²) in [6.07, 6.45) is 4.32. The Kier molecular flexibility index (Phi) is 10.2. The average molecular weight is 842 g/mol. The minimum Gasteiger partial charge on any atom is -0.657 e. The van der Waals surface area contributed by atoms with Crippen LogP contribution >= 0.6 is 0 Å². The van der Waals surface area contributed by atoms with Crippen molar-refractivity contribution in [3.63, 3.8) is 0 Å². The molecule has 50 heavy (non-hydrogen) atoms. The van der Waals surface area contributed by atoms with E-state index in [9.17, 15) is 0 Å². The molecule has 1 aliphatic heterocycles. The summed E-state index contributed by atoms with van der Waals surface area (Å²) in [7, 11) is 0. The number of para-hydroxylation sites is 4. The smallest absolute Gasteiger partial charge is 0.657 e. The summed E-state index contributed by atoms with van der Waals surface area (Å²) in [6, 6.07) is 37.6. The number of hydrogen-bond donors (Lipinski definition) is 0. The van der Waals surface area contributed by atoms with Crippen molar-refractivity contribution in [2.24, 2.45) is 0 Å². The summed E-state index contributed by atoms with van der Waals surface area (Å²) in [5, 5.41) is 4.60. The summed E-state index contributed by atoms with van der Waals surface area (Å²) in [4.78, 5) is 4.68. The van der Waals surface area contributed by atoms with Crippen molar-refractivity contribution < 1.29 is 35.9 Å². The van der Waals surface area contributed by atoms with Gasteiger partial charge in [-0.3, -0.25) is 0 Å². The predicted molar refractivity (Wildman–Crippen MR) is 205 cm³/mol. The summed E-state index contributed by atoms with van der Waals surface area (Å²) in [5.41, 5.74) is 11.9. The molecule has 7 aromatic rings. The molecule has 0 saturated heterocycles. The van der Waals surface area contributed by atoms with E-state index in [1.807, 2.05) is 36.4 Å². The van der Waals surface area contributed by atoms with E-state index in [0.29, 0.717) is 23.7 Å². The van der Waals surface area contributed by atoms with Crippen molar-refractivity contribution in [2.75, 3.05) is 0 Å². The Bertz CT molecular complexity index is 2320. The van der Waals surface area contributed by atoms with E-state index < -0.39 is 0 Å². The first-order chi connectivity index (χ1) is 23.6. The molecular formula is C45H46AuN3O+2. The van der Waals surface area contributed by atoms with E-state index in [1.165, 1.54) is 33.6 Å². The zero-order valence-corrected chi connectivity index (χ0v) is 32.4. The largest absolute Gasteiger partial charge is 1.00 e. The van der Waals surface area contributed by atoms with Crippen LogP contribution in [0.5, 0.6) is 0 Å². The van der Waals surface area contributed by atoms with Crippen LogP contribution in [-0.4, -0.2) is 15.2 Å². The minimum absolute atomic E-state index is 0. The molecule has 2 aromatic heterocycles. The molecule has 0 fully saturated rings. The van der Waals surface area contributed by atoms with Gasteiger partial charge in [0.2, 0.25) is 11.4 Å². The third kappa shape index (κ3) is 6.34. The second-order valence-electron chi connectivity index (χ2n) is 14.4. The standard InChI is InChI=1S/C27H36N2.C18H10NO.Au/c1-18(2)22-11-9-12-23(19(3)4)26(22)28-15-16-29(17-28)27-24(20(5)6)13-10-14-25(27)21(7)8;1-3-7-14-13(6-1)17-15(19-14)10-9-12-11-5-2-4-8-16(11)20-18(12)17;/h9-16,18-21H,1-8H3;1-10H;/q+2;-1;+1. The third-order valence-electron chi connectivity index (χ3n) is 9.69. The Morgan fingerprint density at radius 1 is 0.500 bits per heavy atom. The van der Waals surface area contributed by atoms with Crippen molar-refractivity contribution in [3.8, 4) is 0 Å². The maximum atomic E-state index is 6.09. The van der Waals surface area contributed by atoms with Gasteiger partial charge in [-0.05, 0) is 35.1 Å². The van der Waals surface area contributed by atoms with Crippen molar-refractivity contribution >= 4 is 61.1 Å². The first kappa shape index (κ1) is 35.4. The molecule has 256 valence electrons. The van der Waals surface area contributed by atoms with Crippen LogP contribution in [-0.2, 0) is 22.4 Å². The zero-order chi connectivity index (χ0) is 34.4. The molecule has 3 heterocycles. The summed E-state index contributed by atoms with van der Waals surface area (Å²) < 4.78 is 10.5. The number of aromatic nitrogens is 1. The fourth-order valence-electron chi connectivity index (χ4n) is 7.19. The van der Waals surface area contributed by atoms with Gasteiger partial charge in [0.05, 0.1) is 0 Å². The van der Waals surface area contributed by atoms with Crippen LogP contribution < -0.4 is 4.98 Å². The molecule has 0 bridgehead atoms. The van der Waals surface area contributed by atoms with Crippen LogP contribution in [0.1, 0.15) is 101 Å². The second-order valence-corrected chi connectivity index (χ2v) is 14.4. The summed E-state index contributed by atoms with van der Waals surface area (Å²) in [6.45, 7) is 18.2. The molecule has 4 nitrogen and oxygen atoms in total. The Morgan fingerprint density at radius 2 is 0.980 bits per heavy atom. The SMILES string of the molecule is CC(C)c1cccc(C(C)C)c1[N+]1=C=[N+](c2c(C(C)C)cccc2C(C)C)C=C1.[Au+].c1ccc2c(c1)[n-]c1ccc3c4ccccc4oc3c12. The topological polar surface area (TPSA) is 33.3 Å². The van der Waals surface area contributed by atoms with E-state index in [4.69, 9.17) is 4.42 Å². The molecule has 0 atom stereocenters. The number of furan rings is 1. The fraction of sp³-hybridized carbons (Fsp3) is 0.267. The molecule has 0 N–H and O–H groups in total. The van der Waals surface area contributed by atoms with Crippen LogP contribution in [0, 0.1) is 0 Å². The van der Waals surface area contributed by atoms with Crippen molar-refractivity contribution in [2.45, 2.75) is 79.1 Å². The summed E-state index contributed by atoms with van der Waals surface area (Å²) in [5.74, 6) is 1.84. The third-order valence-corrected chi connectivity index (χ3v) is 9.69. The molecule has 0 amide bonds. The van der Waals surface area contributed by atoms with Crippen molar-refractivity contribution in [3.05, 3.63) is 132 Å². The van der Waals surface area contributed by atoms with Gasteiger partial charge in [-0.15, -0.1) is 11.0 Å². The van der Waals surface area contributed by atoms with Crippen LogP contribution in [0.25, 0.3) is 43.7 Å². The van der Waals surface area contributed by atoms with Crippen LogP contribution in [0.2, 0.25) is 0 Å². The average Bonchev–Trinajstić information content (AvgIpc) is 3.83. The van der Waals surface area contributed by atoms with Crippen LogP contribution in [0.15, 0.2) is 114 Å². The molecule has 1 aliphatic rings. The Hall–Kier alpha value is -4.44. The fourth-order valence-corrected chi connectivity index (χ4v) is 7.19.